The summed E-state index contributed by atoms with van der Waals surface area (Å²) in [5, 5.41) is 10.8. The number of anilines is 1. The lowest BCUT2D eigenvalue weighted by Gasteiger charge is -2.41. The van der Waals surface area contributed by atoms with E-state index in [1.807, 2.05) is 12.3 Å². The van der Waals surface area contributed by atoms with E-state index in [1.165, 1.54) is 0 Å². The highest BCUT2D eigenvalue weighted by Crippen LogP contribution is 2.43. The van der Waals surface area contributed by atoms with Crippen molar-refractivity contribution in [1.29, 1.82) is 0 Å². The van der Waals surface area contributed by atoms with Crippen molar-refractivity contribution in [3.63, 3.8) is 0 Å². The van der Waals surface area contributed by atoms with E-state index in [-0.39, 0.29) is 11.5 Å². The molecule has 144 valence electrons. The van der Waals surface area contributed by atoms with Crippen molar-refractivity contribution in [2.24, 2.45) is 5.41 Å². The van der Waals surface area contributed by atoms with Gasteiger partial charge in [-0.25, -0.2) is 9.97 Å². The van der Waals surface area contributed by atoms with Gasteiger partial charge in [-0.3, -0.25) is 4.79 Å². The molecule has 0 aromatic carbocycles. The maximum Gasteiger partial charge on any atom is 0.230 e. The van der Waals surface area contributed by atoms with E-state index >= 15 is 0 Å². The first-order valence-electron chi connectivity index (χ1n) is 10.2. The van der Waals surface area contributed by atoms with E-state index in [2.05, 4.69) is 24.8 Å². The van der Waals surface area contributed by atoms with E-state index in [1.54, 1.807) is 6.33 Å². The second-order valence-electron chi connectivity index (χ2n) is 8.45. The normalized spacial score (nSPS) is 32.0. The first kappa shape index (κ1) is 17.0. The molecule has 7 nitrogen and oxygen atoms in total. The minimum atomic E-state index is -0.276. The second-order valence-corrected chi connectivity index (χ2v) is 8.45. The van der Waals surface area contributed by atoms with Crippen LogP contribution < -0.4 is 4.90 Å². The number of nitrogens with one attached hydrogen (secondary N) is 1. The molecular weight excluding hydrogens is 342 g/mol. The number of carbonyl (C=O) groups excluding carboxylic acids is 1. The van der Waals surface area contributed by atoms with Crippen LogP contribution in [0.2, 0.25) is 0 Å². The summed E-state index contributed by atoms with van der Waals surface area (Å²) in [7, 11) is 0. The quantitative estimate of drug-likeness (QED) is 0.847. The van der Waals surface area contributed by atoms with Crippen LogP contribution in [0.5, 0.6) is 0 Å². The average molecular weight is 369 g/mol. The summed E-state index contributed by atoms with van der Waals surface area (Å²) in [6.45, 7) is 2.54. The van der Waals surface area contributed by atoms with Gasteiger partial charge in [0.15, 0.2) is 0 Å². The number of rotatable bonds is 2. The van der Waals surface area contributed by atoms with Crippen molar-refractivity contribution in [3.8, 4) is 0 Å². The molecule has 2 aliphatic heterocycles. The molecule has 0 unspecified atom stereocenters. The van der Waals surface area contributed by atoms with Crippen molar-refractivity contribution in [1.82, 2.24) is 19.9 Å². The molecule has 27 heavy (non-hydrogen) atoms. The smallest absolute Gasteiger partial charge is 0.230 e. The Hall–Kier alpha value is -2.15. The number of likely N-dealkylation sites (tertiary alicyclic amines) is 1. The fraction of sp³-hybridized carbons (Fsp3) is 0.650. The number of carbonyl (C=O) groups is 1. The highest BCUT2D eigenvalue weighted by atomic mass is 16.3. The number of fused-ring (bicyclic) bond motifs is 1. The molecule has 0 radical (unpaired) electrons. The van der Waals surface area contributed by atoms with E-state index in [0.29, 0.717) is 11.9 Å². The Morgan fingerprint density at radius 2 is 2.00 bits per heavy atom. The molecule has 5 rings (SSSR count). The zero-order valence-corrected chi connectivity index (χ0v) is 15.6. The number of H-pyrrole nitrogens is 1. The van der Waals surface area contributed by atoms with Gasteiger partial charge in [-0.2, -0.15) is 0 Å². The van der Waals surface area contributed by atoms with Crippen LogP contribution in [0.3, 0.4) is 0 Å². The largest absolute Gasteiger partial charge is 0.393 e. The Bertz CT molecular complexity index is 844. The van der Waals surface area contributed by atoms with Gasteiger partial charge in [0.2, 0.25) is 5.91 Å². The van der Waals surface area contributed by atoms with Gasteiger partial charge in [-0.05, 0) is 51.0 Å². The minimum Gasteiger partial charge on any atom is -0.393 e. The molecule has 3 fully saturated rings. The Morgan fingerprint density at radius 1 is 1.15 bits per heavy atom. The van der Waals surface area contributed by atoms with Gasteiger partial charge < -0.3 is 19.9 Å². The Kier molecular flexibility index (Phi) is 4.07. The van der Waals surface area contributed by atoms with Crippen molar-refractivity contribution >= 4 is 22.8 Å². The molecule has 7 heteroatoms. The molecule has 3 aliphatic rings. The number of nitrogens with zero attached hydrogens (tertiary/aromatic N) is 4. The predicted octanol–water partition coefficient (Wildman–Crippen LogP) is 2.08. The Labute approximate surface area is 158 Å². The lowest BCUT2D eigenvalue weighted by Crippen LogP contribution is -2.50. The molecule has 1 saturated carbocycles. The van der Waals surface area contributed by atoms with Crippen molar-refractivity contribution in [2.45, 2.75) is 57.1 Å². The standard InChI is InChI=1S/C20H27N5O2/c26-15-4-2-14(3-5-15)25-11-8-20(19(25)27)7-1-10-24(12-20)18-16-6-9-21-17(16)22-13-23-18/h6,9,13-15,26H,1-5,7-8,10-12H2,(H,21,22,23)/t14?,15?,20-/m0/s1. The number of piperidine rings is 1. The van der Waals surface area contributed by atoms with Gasteiger partial charge >= 0.3 is 0 Å². The number of aliphatic hydroxyl groups excluding tert-OH is 1. The van der Waals surface area contributed by atoms with Gasteiger partial charge in [0.1, 0.15) is 17.8 Å². The molecule has 1 atom stereocenters. The third-order valence-corrected chi connectivity index (χ3v) is 6.86. The van der Waals surface area contributed by atoms with Crippen LogP contribution in [0.4, 0.5) is 5.82 Å². The molecule has 1 amide bonds. The van der Waals surface area contributed by atoms with Crippen LogP contribution in [0.15, 0.2) is 18.6 Å². The predicted molar refractivity (Wildman–Crippen MR) is 102 cm³/mol. The molecule has 2 aromatic heterocycles. The lowest BCUT2D eigenvalue weighted by molar-refractivity contribution is -0.139. The highest BCUT2D eigenvalue weighted by molar-refractivity contribution is 5.89. The third-order valence-electron chi connectivity index (χ3n) is 6.86. The molecule has 1 spiro atoms. The van der Waals surface area contributed by atoms with Crippen LogP contribution in [0.1, 0.15) is 44.9 Å². The maximum absolute atomic E-state index is 13.5. The summed E-state index contributed by atoms with van der Waals surface area (Å²) in [5.41, 5.74) is 0.571. The lowest BCUT2D eigenvalue weighted by atomic mass is 9.78. The number of aliphatic hydroxyl groups is 1. The Balaban J connectivity index is 1.37. The van der Waals surface area contributed by atoms with Crippen LogP contribution >= 0.6 is 0 Å². The van der Waals surface area contributed by atoms with Gasteiger partial charge in [0, 0.05) is 31.9 Å². The first-order chi connectivity index (χ1) is 13.2. The summed E-state index contributed by atoms with van der Waals surface area (Å²) < 4.78 is 0. The minimum absolute atomic E-state index is 0.181. The van der Waals surface area contributed by atoms with Crippen molar-refractivity contribution < 1.29 is 9.90 Å². The monoisotopic (exact) mass is 369 g/mol. The summed E-state index contributed by atoms with van der Waals surface area (Å²) in [6.07, 6.45) is 9.73. The maximum atomic E-state index is 13.5. The molecule has 2 N–H and O–H groups in total. The first-order valence-corrected chi connectivity index (χ1v) is 10.2. The SMILES string of the molecule is O=C1N(C2CCC(O)CC2)CC[C@]12CCCN(c1ncnc3[nH]ccc13)C2. The number of hydrogen-bond acceptors (Lipinski definition) is 5. The highest BCUT2D eigenvalue weighted by Gasteiger charge is 2.50. The third kappa shape index (κ3) is 2.79. The number of aromatic nitrogens is 3. The average Bonchev–Trinajstić information content (AvgIpc) is 3.29. The van der Waals surface area contributed by atoms with Crippen molar-refractivity contribution in [2.75, 3.05) is 24.5 Å². The summed E-state index contributed by atoms with van der Waals surface area (Å²) in [6, 6.07) is 2.33. The fourth-order valence-corrected chi connectivity index (χ4v) is 5.37. The van der Waals surface area contributed by atoms with E-state index in [0.717, 1.165) is 81.4 Å². The summed E-state index contributed by atoms with van der Waals surface area (Å²) >= 11 is 0. The molecule has 2 saturated heterocycles. The molecular formula is C20H27N5O2. The van der Waals surface area contributed by atoms with Crippen LogP contribution in [0.25, 0.3) is 11.0 Å². The van der Waals surface area contributed by atoms with Crippen LogP contribution in [-0.4, -0.2) is 62.6 Å². The molecule has 1 aliphatic carbocycles. The van der Waals surface area contributed by atoms with E-state index in [9.17, 15) is 9.90 Å². The van der Waals surface area contributed by atoms with E-state index in [4.69, 9.17) is 0 Å². The van der Waals surface area contributed by atoms with Gasteiger partial charge in [-0.1, -0.05) is 0 Å². The topological polar surface area (TPSA) is 85.3 Å². The van der Waals surface area contributed by atoms with E-state index < -0.39 is 0 Å². The summed E-state index contributed by atoms with van der Waals surface area (Å²) in [4.78, 5) is 29.8. The van der Waals surface area contributed by atoms with Crippen molar-refractivity contribution in [3.05, 3.63) is 18.6 Å². The number of amides is 1. The van der Waals surface area contributed by atoms with Crippen LogP contribution in [-0.2, 0) is 4.79 Å². The second kappa shape index (κ2) is 6.48. The van der Waals surface area contributed by atoms with Gasteiger partial charge in [0.25, 0.3) is 0 Å². The zero-order valence-electron chi connectivity index (χ0n) is 15.6. The van der Waals surface area contributed by atoms with Gasteiger partial charge in [-0.15, -0.1) is 0 Å². The zero-order chi connectivity index (χ0) is 18.4. The molecule has 2 aromatic rings. The Morgan fingerprint density at radius 3 is 2.85 bits per heavy atom. The fourth-order valence-electron chi connectivity index (χ4n) is 5.37. The number of hydrogen-bond donors (Lipinski definition) is 2. The molecule has 0 bridgehead atoms. The van der Waals surface area contributed by atoms with Crippen LogP contribution in [0, 0.1) is 5.41 Å². The molecule has 4 heterocycles. The number of aromatic amines is 1. The summed E-state index contributed by atoms with van der Waals surface area (Å²) in [5.74, 6) is 1.26. The van der Waals surface area contributed by atoms with Gasteiger partial charge in [0.05, 0.1) is 16.9 Å².